The lowest BCUT2D eigenvalue weighted by atomic mass is 9.98. The van der Waals surface area contributed by atoms with Gasteiger partial charge in [0.1, 0.15) is 0 Å². The molecule has 0 spiro atoms. The fourth-order valence-corrected chi connectivity index (χ4v) is 0.839. The van der Waals surface area contributed by atoms with Crippen LogP contribution in [0.5, 0.6) is 0 Å². The maximum Gasteiger partial charge on any atom is 0.0303 e. The van der Waals surface area contributed by atoms with Gasteiger partial charge in [0, 0.05) is 18.8 Å². The Bertz CT molecular complexity index is 168. The van der Waals surface area contributed by atoms with Crippen LogP contribution < -0.4 is 0 Å². The first kappa shape index (κ1) is 3.19. The molecule has 1 aromatic rings. The Hall–Kier alpha value is -0.850. The molecule has 0 N–H and O–H groups in total. The summed E-state index contributed by atoms with van der Waals surface area (Å²) in [5, 5.41) is 0. The minimum Gasteiger partial charge on any atom is -0.264 e. The predicted molar refractivity (Wildman–Crippen MR) is 27.0 cm³/mol. The normalized spacial score (nSPS) is 13.1. The maximum absolute atomic E-state index is 3.95. The molecular formula is C6H5N. The van der Waals surface area contributed by atoms with E-state index in [4.69, 9.17) is 0 Å². The molecule has 7 heavy (non-hydrogen) atoms. The molecule has 0 saturated heterocycles. The molecule has 1 nitrogen and oxygen atoms in total. The molecule has 0 amide bonds. The average Bonchev–Trinajstić information content (AvgIpc) is 1.67. The first-order valence-corrected chi connectivity index (χ1v) is 2.38. The first-order chi connectivity index (χ1) is 3.45. The zero-order chi connectivity index (χ0) is 4.69. The second-order valence-electron chi connectivity index (χ2n) is 1.88. The molecule has 1 aliphatic heterocycles. The zero-order valence-corrected chi connectivity index (χ0v) is 3.89. The van der Waals surface area contributed by atoms with Crippen LogP contribution in [-0.2, 0) is 6.42 Å². The molecule has 0 aromatic carbocycles. The summed E-state index contributed by atoms with van der Waals surface area (Å²) < 4.78 is 0. The van der Waals surface area contributed by atoms with Gasteiger partial charge in [0.2, 0.25) is 0 Å². The lowest BCUT2D eigenvalue weighted by Crippen LogP contribution is -2.00. The van der Waals surface area contributed by atoms with Gasteiger partial charge < -0.3 is 0 Å². The predicted octanol–water partition coefficient (Wildman–Crippen LogP) is 0.986. The summed E-state index contributed by atoms with van der Waals surface area (Å²) in [6.45, 7) is 0. The third kappa shape index (κ3) is 0.296. The van der Waals surface area contributed by atoms with Crippen LogP contribution in [0.3, 0.4) is 0 Å². The van der Waals surface area contributed by atoms with E-state index in [0.29, 0.717) is 0 Å². The Morgan fingerprint density at radius 2 is 1.86 bits per heavy atom. The van der Waals surface area contributed by atoms with Crippen molar-refractivity contribution in [3.8, 4) is 0 Å². The highest BCUT2D eigenvalue weighted by Gasteiger charge is 2.05. The summed E-state index contributed by atoms with van der Waals surface area (Å²) in [5.41, 5.74) is 2.75. The van der Waals surface area contributed by atoms with Gasteiger partial charge in [-0.2, -0.15) is 0 Å². The van der Waals surface area contributed by atoms with Gasteiger partial charge in [-0.25, -0.2) is 0 Å². The number of aromatic nitrogens is 1. The van der Waals surface area contributed by atoms with Gasteiger partial charge in [-0.15, -0.1) is 0 Å². The van der Waals surface area contributed by atoms with Gasteiger partial charge in [-0.05, 0) is 11.1 Å². The van der Waals surface area contributed by atoms with Gasteiger partial charge in [0.05, 0.1) is 0 Å². The lowest BCUT2D eigenvalue weighted by Gasteiger charge is -2.10. The summed E-state index contributed by atoms with van der Waals surface area (Å²) in [7, 11) is 0. The smallest absolute Gasteiger partial charge is 0.0303 e. The Labute approximate surface area is 42.0 Å². The summed E-state index contributed by atoms with van der Waals surface area (Å²) >= 11 is 0. The van der Waals surface area contributed by atoms with E-state index in [1.165, 1.54) is 11.1 Å². The van der Waals surface area contributed by atoms with Crippen LogP contribution in [-0.4, -0.2) is 4.98 Å². The molecule has 3 rings (SSSR count). The minimum atomic E-state index is 1.16. The van der Waals surface area contributed by atoms with E-state index in [9.17, 15) is 0 Å². The van der Waals surface area contributed by atoms with Gasteiger partial charge >= 0.3 is 0 Å². The van der Waals surface area contributed by atoms with Crippen molar-refractivity contribution < 1.29 is 0 Å². The number of rotatable bonds is 0. The molecule has 1 aliphatic carbocycles. The van der Waals surface area contributed by atoms with Crippen LogP contribution >= 0.6 is 0 Å². The maximum atomic E-state index is 3.95. The fourth-order valence-electron chi connectivity index (χ4n) is 0.839. The fraction of sp³-hybridized carbons (Fsp3) is 0.167. The van der Waals surface area contributed by atoms with Crippen LogP contribution in [0.1, 0.15) is 11.1 Å². The van der Waals surface area contributed by atoms with Crippen LogP contribution in [0.25, 0.3) is 0 Å². The molecule has 2 aliphatic rings. The Balaban J connectivity index is 2.78. The van der Waals surface area contributed by atoms with Crippen molar-refractivity contribution in [3.05, 3.63) is 29.6 Å². The lowest BCUT2D eigenvalue weighted by molar-refractivity contribution is 1.02. The van der Waals surface area contributed by atoms with Gasteiger partial charge in [-0.3, -0.25) is 4.98 Å². The standard InChI is InChI=1S/C6H5N/c1-5-2-6(1)4-7-3-5/h1,3-4H,2H2. The Kier molecular flexibility index (Phi) is 0.392. The van der Waals surface area contributed by atoms with E-state index in [2.05, 4.69) is 11.1 Å². The Morgan fingerprint density at radius 3 is 2.00 bits per heavy atom. The molecule has 0 atom stereocenters. The minimum absolute atomic E-state index is 1.16. The third-order valence-electron chi connectivity index (χ3n) is 1.26. The number of pyridine rings is 1. The van der Waals surface area contributed by atoms with Crippen LogP contribution in [0, 0.1) is 0 Å². The third-order valence-corrected chi connectivity index (χ3v) is 1.26. The highest BCUT2D eigenvalue weighted by molar-refractivity contribution is 5.33. The monoisotopic (exact) mass is 91.0 g/mol. The van der Waals surface area contributed by atoms with Crippen molar-refractivity contribution in [3.63, 3.8) is 0 Å². The SMILES string of the molecule is c1ncc2cc1C2. The number of nitrogens with zero attached hydrogens (tertiary/aromatic N) is 1. The topological polar surface area (TPSA) is 12.9 Å². The molecule has 34 valence electrons. The number of hydrogen-bond acceptors (Lipinski definition) is 1. The van der Waals surface area contributed by atoms with Crippen molar-refractivity contribution in [1.82, 2.24) is 4.98 Å². The molecule has 0 unspecified atom stereocenters. The van der Waals surface area contributed by atoms with E-state index >= 15 is 0 Å². The quantitative estimate of drug-likeness (QED) is 0.471. The summed E-state index contributed by atoms with van der Waals surface area (Å²) in [6.07, 6.45) is 4.98. The molecule has 0 radical (unpaired) electrons. The average molecular weight is 91.1 g/mol. The Morgan fingerprint density at radius 1 is 1.29 bits per heavy atom. The molecule has 2 heterocycles. The molecule has 1 heteroatoms. The van der Waals surface area contributed by atoms with E-state index in [0.717, 1.165) is 6.42 Å². The van der Waals surface area contributed by atoms with E-state index < -0.39 is 0 Å². The number of hydrogen-bond donors (Lipinski definition) is 0. The van der Waals surface area contributed by atoms with Crippen molar-refractivity contribution in [2.75, 3.05) is 0 Å². The van der Waals surface area contributed by atoms with Gasteiger partial charge in [0.25, 0.3) is 0 Å². The van der Waals surface area contributed by atoms with Gasteiger partial charge in [-0.1, -0.05) is 6.07 Å². The molecule has 2 bridgehead atoms. The summed E-state index contributed by atoms with van der Waals surface area (Å²) in [6, 6.07) is 2.16. The van der Waals surface area contributed by atoms with E-state index in [1.54, 1.807) is 0 Å². The molecule has 1 aromatic heterocycles. The van der Waals surface area contributed by atoms with Crippen molar-refractivity contribution >= 4 is 0 Å². The zero-order valence-electron chi connectivity index (χ0n) is 3.89. The second kappa shape index (κ2) is 0.861. The first-order valence-electron chi connectivity index (χ1n) is 2.38. The van der Waals surface area contributed by atoms with Crippen molar-refractivity contribution in [1.29, 1.82) is 0 Å². The van der Waals surface area contributed by atoms with E-state index in [-0.39, 0.29) is 0 Å². The highest BCUT2D eigenvalue weighted by atomic mass is 14.6. The highest BCUT2D eigenvalue weighted by Crippen LogP contribution is 2.16. The van der Waals surface area contributed by atoms with Crippen molar-refractivity contribution in [2.45, 2.75) is 6.42 Å². The number of fused-ring (bicyclic) bond motifs is 2. The largest absolute Gasteiger partial charge is 0.264 e. The van der Waals surface area contributed by atoms with Crippen LogP contribution in [0.4, 0.5) is 0 Å². The summed E-state index contributed by atoms with van der Waals surface area (Å²) in [5.74, 6) is 0. The van der Waals surface area contributed by atoms with Crippen LogP contribution in [0.15, 0.2) is 18.5 Å². The second-order valence-corrected chi connectivity index (χ2v) is 1.88. The van der Waals surface area contributed by atoms with Crippen molar-refractivity contribution in [2.24, 2.45) is 0 Å². The molecule has 0 fully saturated rings. The molecular weight excluding hydrogens is 86.1 g/mol. The summed E-state index contributed by atoms with van der Waals surface area (Å²) in [4.78, 5) is 3.95. The van der Waals surface area contributed by atoms with Gasteiger partial charge in [0.15, 0.2) is 0 Å². The molecule has 0 saturated carbocycles. The van der Waals surface area contributed by atoms with E-state index in [1.807, 2.05) is 12.4 Å². The van der Waals surface area contributed by atoms with Crippen LogP contribution in [0.2, 0.25) is 0 Å².